The molecule has 0 radical (unpaired) electrons. The van der Waals surface area contributed by atoms with Crippen molar-refractivity contribution in [2.75, 3.05) is 13.1 Å². The number of nitrogens with zero attached hydrogens (tertiary/aromatic N) is 3. The molecule has 5 nitrogen and oxygen atoms in total. The molecule has 2 aliphatic heterocycles. The molecule has 1 saturated heterocycles. The molecule has 2 aliphatic rings. The fourth-order valence-corrected chi connectivity index (χ4v) is 3.25. The molecule has 2 amide bonds. The maximum absolute atomic E-state index is 13.4. The standard InChI is InChI=1S/C17H20FN3O2.C2H6/c1-12(22)20-9-6-13(7-10-20)17(23)21-16(5-8-19-21)14-3-2-4-15(18)11-14;1-2/h2-4,8,11,13,16H,5-7,9-10H2,1H3;1-2H3/t16-;/m0./s1. The summed E-state index contributed by atoms with van der Waals surface area (Å²) in [5.41, 5.74) is 0.761. The lowest BCUT2D eigenvalue weighted by atomic mass is 9.94. The third-order valence-corrected chi connectivity index (χ3v) is 4.58. The van der Waals surface area contributed by atoms with Crippen LogP contribution in [0.5, 0.6) is 0 Å². The Morgan fingerprint density at radius 1 is 1.20 bits per heavy atom. The molecule has 6 heteroatoms. The van der Waals surface area contributed by atoms with Crippen LogP contribution in [0.2, 0.25) is 0 Å². The van der Waals surface area contributed by atoms with E-state index in [1.54, 1.807) is 24.1 Å². The van der Waals surface area contributed by atoms with Crippen LogP contribution >= 0.6 is 0 Å². The summed E-state index contributed by atoms with van der Waals surface area (Å²) in [7, 11) is 0. The monoisotopic (exact) mass is 347 g/mol. The van der Waals surface area contributed by atoms with Crippen molar-refractivity contribution in [2.45, 2.75) is 46.1 Å². The first-order chi connectivity index (χ1) is 12.1. The Balaban J connectivity index is 0.00000109. The third kappa shape index (κ3) is 4.44. The minimum atomic E-state index is -0.309. The second-order valence-corrected chi connectivity index (χ2v) is 6.07. The summed E-state index contributed by atoms with van der Waals surface area (Å²) in [5.74, 6) is -0.419. The highest BCUT2D eigenvalue weighted by Crippen LogP contribution is 2.32. The summed E-state index contributed by atoms with van der Waals surface area (Å²) in [5, 5.41) is 5.70. The number of hydrazone groups is 1. The molecule has 0 saturated carbocycles. The van der Waals surface area contributed by atoms with Gasteiger partial charge in [0, 0.05) is 38.6 Å². The molecular formula is C19H26FN3O2. The predicted molar refractivity (Wildman–Crippen MR) is 95.4 cm³/mol. The van der Waals surface area contributed by atoms with Crippen LogP contribution in [0.3, 0.4) is 0 Å². The summed E-state index contributed by atoms with van der Waals surface area (Å²) in [6, 6.07) is 6.09. The Morgan fingerprint density at radius 3 is 2.48 bits per heavy atom. The van der Waals surface area contributed by atoms with Gasteiger partial charge in [0.2, 0.25) is 11.8 Å². The van der Waals surface area contributed by atoms with Crippen LogP contribution in [-0.2, 0) is 9.59 Å². The summed E-state index contributed by atoms with van der Waals surface area (Å²) in [4.78, 5) is 25.9. The highest BCUT2D eigenvalue weighted by molar-refractivity contribution is 5.82. The van der Waals surface area contributed by atoms with Crippen LogP contribution in [-0.4, -0.2) is 41.0 Å². The minimum absolute atomic E-state index is 0.0313. The first kappa shape index (κ1) is 19.1. The van der Waals surface area contributed by atoms with Crippen molar-refractivity contribution in [3.05, 3.63) is 35.6 Å². The number of halogens is 1. The number of likely N-dealkylation sites (tertiary alicyclic amines) is 1. The molecule has 0 aliphatic carbocycles. The van der Waals surface area contributed by atoms with Gasteiger partial charge in [-0.1, -0.05) is 26.0 Å². The maximum atomic E-state index is 13.4. The molecular weight excluding hydrogens is 321 g/mol. The zero-order valence-corrected chi connectivity index (χ0v) is 15.1. The SMILES string of the molecule is CC.CC(=O)N1CCC(C(=O)N2N=CC[C@H]2c2cccc(F)c2)CC1. The van der Waals surface area contributed by atoms with Crippen LogP contribution in [0.4, 0.5) is 4.39 Å². The van der Waals surface area contributed by atoms with Gasteiger partial charge in [0.05, 0.1) is 6.04 Å². The van der Waals surface area contributed by atoms with Gasteiger partial charge < -0.3 is 4.90 Å². The number of rotatable bonds is 2. The lowest BCUT2D eigenvalue weighted by Crippen LogP contribution is -2.42. The molecule has 1 aromatic carbocycles. The van der Waals surface area contributed by atoms with E-state index in [1.165, 1.54) is 17.1 Å². The number of carbonyl (C=O) groups excluding carboxylic acids is 2. The number of amides is 2. The van der Waals surface area contributed by atoms with Crippen molar-refractivity contribution in [2.24, 2.45) is 11.0 Å². The molecule has 0 spiro atoms. The number of hydrogen-bond donors (Lipinski definition) is 0. The second-order valence-electron chi connectivity index (χ2n) is 6.07. The molecule has 0 aromatic heterocycles. The average Bonchev–Trinajstić information content (AvgIpc) is 3.12. The van der Waals surface area contributed by atoms with Crippen molar-refractivity contribution in [1.82, 2.24) is 9.91 Å². The zero-order chi connectivity index (χ0) is 18.4. The predicted octanol–water partition coefficient (Wildman–Crippen LogP) is 3.37. The quantitative estimate of drug-likeness (QED) is 0.824. The van der Waals surface area contributed by atoms with Crippen molar-refractivity contribution in [3.63, 3.8) is 0 Å². The average molecular weight is 347 g/mol. The van der Waals surface area contributed by atoms with Crippen LogP contribution < -0.4 is 0 Å². The van der Waals surface area contributed by atoms with Gasteiger partial charge in [-0.3, -0.25) is 9.59 Å². The normalized spacial score (nSPS) is 20.2. The van der Waals surface area contributed by atoms with E-state index < -0.39 is 0 Å². The fraction of sp³-hybridized carbons (Fsp3) is 0.526. The van der Waals surface area contributed by atoms with E-state index in [-0.39, 0.29) is 29.6 Å². The van der Waals surface area contributed by atoms with Crippen LogP contribution in [0.25, 0.3) is 0 Å². The Labute approximate surface area is 148 Å². The first-order valence-corrected chi connectivity index (χ1v) is 8.93. The Kier molecular flexibility index (Phi) is 6.67. The van der Waals surface area contributed by atoms with Gasteiger partial charge in [0.15, 0.2) is 0 Å². The first-order valence-electron chi connectivity index (χ1n) is 8.93. The lowest BCUT2D eigenvalue weighted by molar-refractivity contribution is -0.141. The van der Waals surface area contributed by atoms with Crippen molar-refractivity contribution in [3.8, 4) is 0 Å². The summed E-state index contributed by atoms with van der Waals surface area (Å²) < 4.78 is 13.4. The minimum Gasteiger partial charge on any atom is -0.343 e. The molecule has 2 heterocycles. The van der Waals surface area contributed by atoms with Gasteiger partial charge in [-0.05, 0) is 30.5 Å². The molecule has 136 valence electrons. The van der Waals surface area contributed by atoms with Crippen molar-refractivity contribution >= 4 is 18.0 Å². The molecule has 1 aromatic rings. The van der Waals surface area contributed by atoms with E-state index in [9.17, 15) is 14.0 Å². The van der Waals surface area contributed by atoms with E-state index >= 15 is 0 Å². The van der Waals surface area contributed by atoms with Crippen LogP contribution in [0.1, 0.15) is 51.6 Å². The second kappa shape index (κ2) is 8.74. The van der Waals surface area contributed by atoms with Crippen LogP contribution in [0.15, 0.2) is 29.4 Å². The Hall–Kier alpha value is -2.24. The zero-order valence-electron chi connectivity index (χ0n) is 15.1. The third-order valence-electron chi connectivity index (χ3n) is 4.58. The molecule has 25 heavy (non-hydrogen) atoms. The van der Waals surface area contributed by atoms with Crippen molar-refractivity contribution < 1.29 is 14.0 Å². The number of benzene rings is 1. The largest absolute Gasteiger partial charge is 0.343 e. The van der Waals surface area contributed by atoms with Gasteiger partial charge in [-0.2, -0.15) is 5.10 Å². The van der Waals surface area contributed by atoms with Gasteiger partial charge in [-0.25, -0.2) is 9.40 Å². The van der Waals surface area contributed by atoms with Gasteiger partial charge in [-0.15, -0.1) is 0 Å². The highest BCUT2D eigenvalue weighted by atomic mass is 19.1. The van der Waals surface area contributed by atoms with E-state index in [2.05, 4.69) is 5.10 Å². The van der Waals surface area contributed by atoms with Gasteiger partial charge in [0.1, 0.15) is 5.82 Å². The summed E-state index contributed by atoms with van der Waals surface area (Å²) >= 11 is 0. The molecule has 1 fully saturated rings. The van der Waals surface area contributed by atoms with Crippen LogP contribution in [0, 0.1) is 11.7 Å². The number of hydrogen-bond acceptors (Lipinski definition) is 3. The maximum Gasteiger partial charge on any atom is 0.246 e. The van der Waals surface area contributed by atoms with E-state index in [0.717, 1.165) is 5.56 Å². The molecule has 0 bridgehead atoms. The highest BCUT2D eigenvalue weighted by Gasteiger charge is 2.35. The summed E-state index contributed by atoms with van der Waals surface area (Å²) in [6.07, 6.45) is 3.61. The molecule has 0 N–H and O–H groups in total. The van der Waals surface area contributed by atoms with E-state index in [1.807, 2.05) is 19.9 Å². The molecule has 3 rings (SSSR count). The number of piperidine rings is 1. The van der Waals surface area contributed by atoms with Crippen molar-refractivity contribution in [1.29, 1.82) is 0 Å². The van der Waals surface area contributed by atoms with Gasteiger partial charge >= 0.3 is 0 Å². The smallest absolute Gasteiger partial charge is 0.246 e. The Morgan fingerprint density at radius 2 is 1.88 bits per heavy atom. The lowest BCUT2D eigenvalue weighted by Gasteiger charge is -2.33. The van der Waals surface area contributed by atoms with E-state index in [0.29, 0.717) is 32.4 Å². The molecule has 1 atom stereocenters. The number of carbonyl (C=O) groups is 2. The summed E-state index contributed by atoms with van der Waals surface area (Å²) in [6.45, 7) is 6.76. The molecule has 0 unspecified atom stereocenters. The van der Waals surface area contributed by atoms with Gasteiger partial charge in [0.25, 0.3) is 0 Å². The van der Waals surface area contributed by atoms with E-state index in [4.69, 9.17) is 0 Å². The Bertz CT molecular complexity index is 639. The fourth-order valence-electron chi connectivity index (χ4n) is 3.25. The topological polar surface area (TPSA) is 53.0 Å².